The number of fused-ring (bicyclic) bond motifs is 1. The van der Waals surface area contributed by atoms with Gasteiger partial charge in [0.25, 0.3) is 0 Å². The predicted molar refractivity (Wildman–Crippen MR) is 100 cm³/mol. The number of benzene rings is 2. The first-order chi connectivity index (χ1) is 11.7. The zero-order valence-corrected chi connectivity index (χ0v) is 14.3. The van der Waals surface area contributed by atoms with Crippen molar-refractivity contribution in [1.82, 2.24) is 9.97 Å². The van der Waals surface area contributed by atoms with Gasteiger partial charge in [-0.2, -0.15) is 0 Å². The summed E-state index contributed by atoms with van der Waals surface area (Å²) in [6, 6.07) is 13.3. The number of para-hydroxylation sites is 1. The normalized spacial score (nSPS) is 9.79. The SMILES string of the molecule is C=CC(=O)Nc1cccc(-c2cccc3cnc(Cl)nc23)c1.CC. The lowest BCUT2D eigenvalue weighted by Crippen LogP contribution is -2.07. The Morgan fingerprint density at radius 2 is 1.96 bits per heavy atom. The minimum absolute atomic E-state index is 0.205. The van der Waals surface area contributed by atoms with Gasteiger partial charge in [-0.15, -0.1) is 0 Å². The molecule has 0 aliphatic rings. The van der Waals surface area contributed by atoms with E-state index < -0.39 is 0 Å². The van der Waals surface area contributed by atoms with Gasteiger partial charge < -0.3 is 5.32 Å². The molecule has 0 aliphatic carbocycles. The summed E-state index contributed by atoms with van der Waals surface area (Å²) in [6.07, 6.45) is 2.93. The minimum Gasteiger partial charge on any atom is -0.323 e. The average molecular weight is 340 g/mol. The highest BCUT2D eigenvalue weighted by molar-refractivity contribution is 6.28. The first kappa shape index (κ1) is 17.6. The highest BCUT2D eigenvalue weighted by atomic mass is 35.5. The lowest BCUT2D eigenvalue weighted by Gasteiger charge is -2.08. The smallest absolute Gasteiger partial charge is 0.247 e. The number of rotatable bonds is 3. The van der Waals surface area contributed by atoms with Crippen LogP contribution in [0.1, 0.15) is 13.8 Å². The largest absolute Gasteiger partial charge is 0.323 e. The lowest BCUT2D eigenvalue weighted by molar-refractivity contribution is -0.111. The molecule has 0 unspecified atom stereocenters. The number of amides is 1. The molecule has 1 N–H and O–H groups in total. The van der Waals surface area contributed by atoms with Crippen molar-refractivity contribution in [2.45, 2.75) is 13.8 Å². The van der Waals surface area contributed by atoms with E-state index in [1.807, 2.05) is 56.3 Å². The van der Waals surface area contributed by atoms with Crippen molar-refractivity contribution in [1.29, 1.82) is 0 Å². The van der Waals surface area contributed by atoms with Gasteiger partial charge in [0.15, 0.2) is 0 Å². The second kappa shape index (κ2) is 8.22. The van der Waals surface area contributed by atoms with E-state index in [0.717, 1.165) is 22.0 Å². The van der Waals surface area contributed by atoms with Crippen molar-refractivity contribution < 1.29 is 4.79 Å². The van der Waals surface area contributed by atoms with Crippen molar-refractivity contribution in [3.05, 3.63) is 66.6 Å². The summed E-state index contributed by atoms with van der Waals surface area (Å²) in [7, 11) is 0. The first-order valence-electron chi connectivity index (χ1n) is 7.62. The second-order valence-corrected chi connectivity index (χ2v) is 4.99. The first-order valence-corrected chi connectivity index (χ1v) is 8.00. The fourth-order valence-electron chi connectivity index (χ4n) is 2.22. The van der Waals surface area contributed by atoms with Crippen LogP contribution in [-0.2, 0) is 4.79 Å². The topological polar surface area (TPSA) is 54.9 Å². The summed E-state index contributed by atoms with van der Waals surface area (Å²) in [4.78, 5) is 19.7. The van der Waals surface area contributed by atoms with E-state index in [9.17, 15) is 4.79 Å². The fraction of sp³-hybridized carbons (Fsp3) is 0.105. The average Bonchev–Trinajstić information content (AvgIpc) is 2.63. The third-order valence-corrected chi connectivity index (χ3v) is 3.39. The molecule has 1 heterocycles. The van der Waals surface area contributed by atoms with Crippen LogP contribution in [0.15, 0.2) is 61.3 Å². The Bertz CT molecular complexity index is 877. The Morgan fingerprint density at radius 3 is 2.71 bits per heavy atom. The Labute approximate surface area is 146 Å². The molecule has 0 aliphatic heterocycles. The van der Waals surface area contributed by atoms with Crippen LogP contribution < -0.4 is 5.32 Å². The van der Waals surface area contributed by atoms with Gasteiger partial charge >= 0.3 is 0 Å². The van der Waals surface area contributed by atoms with Crippen LogP contribution in [0.3, 0.4) is 0 Å². The number of hydrogen-bond acceptors (Lipinski definition) is 3. The summed E-state index contributed by atoms with van der Waals surface area (Å²) in [6.45, 7) is 7.44. The second-order valence-electron chi connectivity index (χ2n) is 4.66. The molecule has 0 bridgehead atoms. The van der Waals surface area contributed by atoms with Crippen molar-refractivity contribution >= 4 is 34.1 Å². The highest BCUT2D eigenvalue weighted by Crippen LogP contribution is 2.29. The zero-order valence-electron chi connectivity index (χ0n) is 13.6. The molecule has 4 nitrogen and oxygen atoms in total. The molecule has 0 spiro atoms. The molecule has 3 aromatic rings. The van der Waals surface area contributed by atoms with Crippen LogP contribution in [0.4, 0.5) is 5.69 Å². The molecule has 0 radical (unpaired) electrons. The van der Waals surface area contributed by atoms with Crippen molar-refractivity contribution in [2.75, 3.05) is 5.32 Å². The van der Waals surface area contributed by atoms with E-state index in [-0.39, 0.29) is 11.2 Å². The number of nitrogens with one attached hydrogen (secondary N) is 1. The monoisotopic (exact) mass is 339 g/mol. The summed E-state index contributed by atoms with van der Waals surface area (Å²) in [5.41, 5.74) is 3.33. The predicted octanol–water partition coefficient (Wildman–Crippen LogP) is 5.10. The van der Waals surface area contributed by atoms with Crippen LogP contribution >= 0.6 is 11.6 Å². The Kier molecular flexibility index (Phi) is 6.04. The number of carbonyl (C=O) groups excluding carboxylic acids is 1. The van der Waals surface area contributed by atoms with Crippen LogP contribution in [0.2, 0.25) is 5.28 Å². The third-order valence-electron chi connectivity index (χ3n) is 3.21. The summed E-state index contributed by atoms with van der Waals surface area (Å²) < 4.78 is 0. The van der Waals surface area contributed by atoms with Crippen molar-refractivity contribution in [3.8, 4) is 11.1 Å². The van der Waals surface area contributed by atoms with Gasteiger partial charge in [-0.1, -0.05) is 50.8 Å². The molecular weight excluding hydrogens is 322 g/mol. The van der Waals surface area contributed by atoms with Gasteiger partial charge in [-0.05, 0) is 35.4 Å². The number of hydrogen-bond donors (Lipinski definition) is 1. The van der Waals surface area contributed by atoms with E-state index in [1.54, 1.807) is 6.20 Å². The molecular formula is C19H18ClN3O. The van der Waals surface area contributed by atoms with E-state index in [1.165, 1.54) is 6.08 Å². The Hall–Kier alpha value is -2.72. The quantitative estimate of drug-likeness (QED) is 0.533. The molecule has 0 fully saturated rings. The minimum atomic E-state index is -0.250. The fourth-order valence-corrected chi connectivity index (χ4v) is 2.36. The molecule has 1 amide bonds. The lowest BCUT2D eigenvalue weighted by atomic mass is 10.0. The molecule has 122 valence electrons. The summed E-state index contributed by atoms with van der Waals surface area (Å²) in [5, 5.41) is 3.86. The van der Waals surface area contributed by atoms with Gasteiger partial charge in [0.2, 0.25) is 11.2 Å². The Morgan fingerprint density at radius 1 is 1.21 bits per heavy atom. The summed E-state index contributed by atoms with van der Waals surface area (Å²) >= 11 is 5.91. The van der Waals surface area contributed by atoms with Crippen LogP contribution in [0.5, 0.6) is 0 Å². The van der Waals surface area contributed by atoms with E-state index in [4.69, 9.17) is 11.6 Å². The van der Waals surface area contributed by atoms with Gasteiger partial charge in [-0.3, -0.25) is 4.79 Å². The highest BCUT2D eigenvalue weighted by Gasteiger charge is 2.07. The maximum Gasteiger partial charge on any atom is 0.247 e. The van der Waals surface area contributed by atoms with Crippen LogP contribution in [0.25, 0.3) is 22.0 Å². The van der Waals surface area contributed by atoms with Gasteiger partial charge in [0.05, 0.1) is 5.52 Å². The molecule has 3 rings (SSSR count). The maximum atomic E-state index is 11.4. The number of anilines is 1. The van der Waals surface area contributed by atoms with Crippen molar-refractivity contribution in [2.24, 2.45) is 0 Å². The molecule has 2 aromatic carbocycles. The number of carbonyl (C=O) groups is 1. The standard InChI is InChI=1S/C17H12ClN3O.C2H6/c1-2-15(22)20-13-7-3-5-11(9-13)14-8-4-6-12-10-19-17(18)21-16(12)14;1-2/h2-10H,1H2,(H,20,22);1-2H3. The zero-order chi connectivity index (χ0) is 17.5. The molecule has 24 heavy (non-hydrogen) atoms. The van der Waals surface area contributed by atoms with Gasteiger partial charge in [0.1, 0.15) is 0 Å². The van der Waals surface area contributed by atoms with Crippen LogP contribution in [-0.4, -0.2) is 15.9 Å². The molecule has 0 saturated carbocycles. The van der Waals surface area contributed by atoms with E-state index >= 15 is 0 Å². The van der Waals surface area contributed by atoms with E-state index in [0.29, 0.717) is 5.69 Å². The number of halogens is 1. The summed E-state index contributed by atoms with van der Waals surface area (Å²) in [5.74, 6) is -0.250. The van der Waals surface area contributed by atoms with Gasteiger partial charge in [0, 0.05) is 22.8 Å². The maximum absolute atomic E-state index is 11.4. The number of nitrogens with zero attached hydrogens (tertiary/aromatic N) is 2. The molecule has 5 heteroatoms. The molecule has 0 saturated heterocycles. The Balaban J connectivity index is 0.00000100. The van der Waals surface area contributed by atoms with Crippen molar-refractivity contribution in [3.63, 3.8) is 0 Å². The third kappa shape index (κ3) is 3.97. The van der Waals surface area contributed by atoms with Crippen LogP contribution in [0, 0.1) is 0 Å². The van der Waals surface area contributed by atoms with E-state index in [2.05, 4.69) is 21.9 Å². The van der Waals surface area contributed by atoms with Gasteiger partial charge in [-0.25, -0.2) is 9.97 Å². The number of aromatic nitrogens is 2. The molecule has 0 atom stereocenters. The molecule has 1 aromatic heterocycles.